The Morgan fingerprint density at radius 2 is 1.28 bits per heavy atom. The molecule has 0 unspecified atom stereocenters. The van der Waals surface area contributed by atoms with Gasteiger partial charge in [0, 0.05) is 0 Å². The molecule has 0 aliphatic heterocycles. The predicted octanol–water partition coefficient (Wildman–Crippen LogP) is 4.77. The van der Waals surface area contributed by atoms with Crippen LogP contribution in [0.15, 0.2) is 0 Å². The lowest BCUT2D eigenvalue weighted by Crippen LogP contribution is -2.37. The van der Waals surface area contributed by atoms with Crippen LogP contribution in [0, 0.1) is 37.2 Å². The zero-order chi connectivity index (χ0) is 13.2. The highest BCUT2D eigenvalue weighted by molar-refractivity contribution is 4.90. The van der Waals surface area contributed by atoms with Crippen LogP contribution in [0.2, 0.25) is 0 Å². The molecule has 2 aliphatic carbocycles. The summed E-state index contributed by atoms with van der Waals surface area (Å²) in [6, 6.07) is 0. The van der Waals surface area contributed by atoms with Crippen LogP contribution in [0.5, 0.6) is 0 Å². The second kappa shape index (κ2) is 5.94. The summed E-state index contributed by atoms with van der Waals surface area (Å²) in [6.07, 6.45) is 10.2. The summed E-state index contributed by atoms with van der Waals surface area (Å²) in [7, 11) is 5.30. The van der Waals surface area contributed by atoms with Crippen LogP contribution in [0.1, 0.15) is 65.2 Å². The summed E-state index contributed by atoms with van der Waals surface area (Å²) in [6.45, 7) is 11.0. The van der Waals surface area contributed by atoms with E-state index in [0.29, 0.717) is 17.4 Å². The molecule has 0 saturated heterocycles. The largest absolute Gasteiger partial charge is 0.369 e. The minimum atomic E-state index is 0.303. The lowest BCUT2D eigenvalue weighted by Gasteiger charge is -2.46. The van der Waals surface area contributed by atoms with Crippen LogP contribution >= 0.6 is 0 Å². The summed E-state index contributed by atoms with van der Waals surface area (Å²) in [5.41, 5.74) is 0.458. The zero-order valence-corrected chi connectivity index (χ0v) is 12.0. The summed E-state index contributed by atoms with van der Waals surface area (Å²) < 4.78 is 5.00. The molecular weight excluding hydrogens is 220 g/mol. The molecule has 2 aliphatic rings. The maximum absolute atomic E-state index is 6.02. The molecule has 2 saturated carbocycles. The first-order valence-corrected chi connectivity index (χ1v) is 7.65. The van der Waals surface area contributed by atoms with E-state index >= 15 is 0 Å². The van der Waals surface area contributed by atoms with Crippen molar-refractivity contribution in [1.82, 2.24) is 0 Å². The van der Waals surface area contributed by atoms with Gasteiger partial charge in [0.15, 0.2) is 0 Å². The van der Waals surface area contributed by atoms with Crippen LogP contribution in [0.3, 0.4) is 0 Å². The SMILES string of the molecule is [CH]OC1CCC(C(C)(C)C2CCC([CH])CC2)CC1. The van der Waals surface area contributed by atoms with Crippen molar-refractivity contribution in [2.45, 2.75) is 71.3 Å². The Balaban J connectivity index is 1.90. The predicted molar refractivity (Wildman–Crippen MR) is 74.7 cm³/mol. The van der Waals surface area contributed by atoms with Gasteiger partial charge in [-0.3, -0.25) is 0 Å². The van der Waals surface area contributed by atoms with Crippen molar-refractivity contribution >= 4 is 0 Å². The van der Waals surface area contributed by atoms with Gasteiger partial charge >= 0.3 is 0 Å². The highest BCUT2D eigenvalue weighted by Crippen LogP contribution is 2.49. The Kier molecular flexibility index (Phi) is 4.75. The van der Waals surface area contributed by atoms with Gasteiger partial charge in [-0.05, 0) is 81.5 Å². The van der Waals surface area contributed by atoms with E-state index in [2.05, 4.69) is 13.8 Å². The van der Waals surface area contributed by atoms with Crippen molar-refractivity contribution in [2.24, 2.45) is 23.2 Å². The third-order valence-electron chi connectivity index (χ3n) is 5.74. The Morgan fingerprint density at radius 1 is 0.833 bits per heavy atom. The lowest BCUT2D eigenvalue weighted by atomic mass is 9.60. The molecule has 0 aromatic rings. The van der Waals surface area contributed by atoms with Gasteiger partial charge in [-0.1, -0.05) is 13.8 Å². The van der Waals surface area contributed by atoms with Crippen molar-refractivity contribution in [2.75, 3.05) is 0 Å². The average molecular weight is 248 g/mol. The Labute approximate surface area is 114 Å². The zero-order valence-electron chi connectivity index (χ0n) is 12.0. The number of ether oxygens (including phenoxy) is 1. The highest BCUT2D eigenvalue weighted by Gasteiger charge is 2.39. The Hall–Kier alpha value is -0.0400. The number of rotatable bonds is 3. The second-order valence-electron chi connectivity index (χ2n) is 7.04. The van der Waals surface area contributed by atoms with Crippen LogP contribution < -0.4 is 0 Å². The van der Waals surface area contributed by atoms with E-state index in [0.717, 1.165) is 24.7 Å². The summed E-state index contributed by atoms with van der Waals surface area (Å²) >= 11 is 0. The number of hydrogen-bond donors (Lipinski definition) is 0. The smallest absolute Gasteiger partial charge is 0.115 e. The molecule has 102 valence electrons. The number of hydrogen-bond acceptors (Lipinski definition) is 1. The molecule has 0 aromatic carbocycles. The molecular formula is C17H28O. The third-order valence-corrected chi connectivity index (χ3v) is 5.74. The minimum Gasteiger partial charge on any atom is -0.369 e. The minimum absolute atomic E-state index is 0.303. The molecule has 0 spiro atoms. The summed E-state index contributed by atoms with van der Waals surface area (Å²) in [5.74, 6) is 2.15. The van der Waals surface area contributed by atoms with Crippen molar-refractivity contribution in [3.05, 3.63) is 14.0 Å². The molecule has 0 bridgehead atoms. The van der Waals surface area contributed by atoms with Crippen LogP contribution in [-0.4, -0.2) is 6.10 Å². The topological polar surface area (TPSA) is 9.23 Å². The summed E-state index contributed by atoms with van der Waals surface area (Å²) in [5, 5.41) is 0. The molecule has 2 rings (SSSR count). The van der Waals surface area contributed by atoms with Crippen molar-refractivity contribution in [1.29, 1.82) is 0 Å². The summed E-state index contributed by atoms with van der Waals surface area (Å²) in [4.78, 5) is 0. The van der Waals surface area contributed by atoms with Gasteiger partial charge in [0.25, 0.3) is 0 Å². The molecule has 0 atom stereocenters. The van der Waals surface area contributed by atoms with Crippen molar-refractivity contribution in [3.63, 3.8) is 0 Å². The second-order valence-corrected chi connectivity index (χ2v) is 7.04. The lowest BCUT2D eigenvalue weighted by molar-refractivity contribution is 0.0118. The van der Waals surface area contributed by atoms with Gasteiger partial charge in [-0.25, -0.2) is 0 Å². The Morgan fingerprint density at radius 3 is 1.72 bits per heavy atom. The first kappa shape index (κ1) is 14.4. The van der Waals surface area contributed by atoms with E-state index in [4.69, 9.17) is 18.8 Å². The Bertz CT molecular complexity index is 242. The van der Waals surface area contributed by atoms with Crippen molar-refractivity contribution in [3.8, 4) is 0 Å². The van der Waals surface area contributed by atoms with Crippen LogP contribution in [0.25, 0.3) is 0 Å². The maximum atomic E-state index is 6.02. The first-order chi connectivity index (χ1) is 8.54. The van der Waals surface area contributed by atoms with E-state index in [1.807, 2.05) is 0 Å². The van der Waals surface area contributed by atoms with E-state index in [1.54, 1.807) is 0 Å². The molecule has 4 radical (unpaired) electrons. The molecule has 0 aromatic heterocycles. The third kappa shape index (κ3) is 3.10. The van der Waals surface area contributed by atoms with E-state index in [-0.39, 0.29) is 0 Å². The monoisotopic (exact) mass is 248 g/mol. The standard InChI is InChI=1S/C17H28O/c1-13-5-7-14(8-6-13)17(2,3)15-9-11-16(18-4)12-10-15/h1,4,13-16H,5-12H2,2-3H3. The van der Waals surface area contributed by atoms with Crippen LogP contribution in [-0.2, 0) is 4.74 Å². The average Bonchev–Trinajstić information content (AvgIpc) is 2.39. The molecule has 1 heteroatoms. The van der Waals surface area contributed by atoms with E-state index < -0.39 is 0 Å². The van der Waals surface area contributed by atoms with Gasteiger partial charge in [0.1, 0.15) is 7.11 Å². The fourth-order valence-corrected chi connectivity index (χ4v) is 4.14. The fraction of sp³-hybridized carbons (Fsp3) is 0.882. The van der Waals surface area contributed by atoms with Gasteiger partial charge in [-0.2, -0.15) is 0 Å². The van der Waals surface area contributed by atoms with Gasteiger partial charge in [-0.15, -0.1) is 0 Å². The molecule has 0 N–H and O–H groups in total. The van der Waals surface area contributed by atoms with E-state index in [9.17, 15) is 0 Å². The van der Waals surface area contributed by atoms with Crippen LogP contribution in [0.4, 0.5) is 0 Å². The first-order valence-electron chi connectivity index (χ1n) is 7.65. The van der Waals surface area contributed by atoms with Gasteiger partial charge in [0.2, 0.25) is 0 Å². The molecule has 1 nitrogen and oxygen atoms in total. The van der Waals surface area contributed by atoms with Gasteiger partial charge in [0.05, 0.1) is 6.10 Å². The van der Waals surface area contributed by atoms with Gasteiger partial charge < -0.3 is 4.74 Å². The normalized spacial score (nSPS) is 38.7. The molecule has 0 heterocycles. The van der Waals surface area contributed by atoms with E-state index in [1.165, 1.54) is 38.5 Å². The molecule has 0 amide bonds. The van der Waals surface area contributed by atoms with Crippen molar-refractivity contribution < 1.29 is 4.74 Å². The quantitative estimate of drug-likeness (QED) is 0.699. The highest BCUT2D eigenvalue weighted by atomic mass is 16.5. The maximum Gasteiger partial charge on any atom is 0.115 e. The molecule has 2 fully saturated rings. The fourth-order valence-electron chi connectivity index (χ4n) is 4.14. The molecule has 18 heavy (non-hydrogen) atoms.